The molecular formula is C20H17Cl2N3O2. The average Bonchev–Trinajstić information content (AvgIpc) is 2.83. The molecule has 0 aromatic heterocycles. The van der Waals surface area contributed by atoms with Crippen LogP contribution in [0.5, 0.6) is 0 Å². The van der Waals surface area contributed by atoms with Gasteiger partial charge in [0.1, 0.15) is 24.2 Å². The van der Waals surface area contributed by atoms with E-state index < -0.39 is 6.10 Å². The molecule has 138 valence electrons. The normalized spacial score (nSPS) is 20.2. The number of hydrogen-bond acceptors (Lipinski definition) is 4. The third-order valence-electron chi connectivity index (χ3n) is 4.39. The second-order valence-electron chi connectivity index (χ2n) is 6.56. The summed E-state index contributed by atoms with van der Waals surface area (Å²) in [6, 6.07) is 12.9. The molecular weight excluding hydrogens is 385 g/mol. The van der Waals surface area contributed by atoms with E-state index in [1.807, 2.05) is 50.5 Å². The van der Waals surface area contributed by atoms with Crippen LogP contribution in [0.15, 0.2) is 59.4 Å². The molecule has 4 rings (SSSR count). The fourth-order valence-electron chi connectivity index (χ4n) is 3.27. The fourth-order valence-corrected chi connectivity index (χ4v) is 3.69. The molecule has 2 aromatic carbocycles. The third kappa shape index (κ3) is 3.23. The first-order chi connectivity index (χ1) is 13.0. The van der Waals surface area contributed by atoms with Crippen molar-refractivity contribution in [1.29, 1.82) is 0 Å². The number of nitrogens with zero attached hydrogens (tertiary/aromatic N) is 3. The summed E-state index contributed by atoms with van der Waals surface area (Å²) in [5, 5.41) is 1.16. The van der Waals surface area contributed by atoms with Crippen LogP contribution < -0.4 is 4.90 Å². The summed E-state index contributed by atoms with van der Waals surface area (Å²) in [4.78, 5) is 20.9. The molecule has 1 unspecified atom stereocenters. The first-order valence-corrected chi connectivity index (χ1v) is 9.17. The summed E-state index contributed by atoms with van der Waals surface area (Å²) in [5.41, 5.74) is 2.67. The Kier molecular flexibility index (Phi) is 4.68. The van der Waals surface area contributed by atoms with Crippen LogP contribution in [0.25, 0.3) is 0 Å². The molecule has 0 bridgehead atoms. The number of anilines is 1. The topological polar surface area (TPSA) is 45.1 Å². The zero-order valence-corrected chi connectivity index (χ0v) is 16.3. The van der Waals surface area contributed by atoms with E-state index in [2.05, 4.69) is 4.99 Å². The second kappa shape index (κ2) is 7.00. The molecule has 0 radical (unpaired) electrons. The number of aliphatic imine (C=N–C) groups is 1. The Balaban J connectivity index is 1.87. The zero-order chi connectivity index (χ0) is 19.1. The zero-order valence-electron chi connectivity index (χ0n) is 14.8. The molecule has 1 amide bonds. The van der Waals surface area contributed by atoms with E-state index >= 15 is 0 Å². The van der Waals surface area contributed by atoms with Crippen LogP contribution in [0.4, 0.5) is 5.69 Å². The van der Waals surface area contributed by atoms with Crippen molar-refractivity contribution < 1.29 is 9.53 Å². The predicted molar refractivity (Wildman–Crippen MR) is 107 cm³/mol. The molecule has 2 aromatic rings. The Morgan fingerprint density at radius 2 is 1.96 bits per heavy atom. The van der Waals surface area contributed by atoms with Crippen molar-refractivity contribution in [2.45, 2.75) is 6.10 Å². The van der Waals surface area contributed by atoms with E-state index in [-0.39, 0.29) is 12.5 Å². The maximum atomic E-state index is 13.0. The molecule has 0 spiro atoms. The van der Waals surface area contributed by atoms with Crippen molar-refractivity contribution in [2.24, 2.45) is 4.99 Å². The molecule has 1 atom stereocenters. The van der Waals surface area contributed by atoms with Crippen LogP contribution in [-0.2, 0) is 9.53 Å². The van der Waals surface area contributed by atoms with Crippen molar-refractivity contribution in [3.63, 3.8) is 0 Å². The molecule has 2 heterocycles. The number of hydrogen-bond donors (Lipinski definition) is 0. The molecule has 2 aliphatic heterocycles. The Morgan fingerprint density at radius 3 is 2.70 bits per heavy atom. The molecule has 5 nitrogen and oxygen atoms in total. The first-order valence-electron chi connectivity index (χ1n) is 8.41. The van der Waals surface area contributed by atoms with E-state index in [0.717, 1.165) is 11.1 Å². The highest BCUT2D eigenvalue weighted by Crippen LogP contribution is 2.41. The van der Waals surface area contributed by atoms with Crippen LogP contribution >= 0.6 is 23.2 Å². The van der Waals surface area contributed by atoms with Gasteiger partial charge in [-0.2, -0.15) is 0 Å². The Labute approximate surface area is 167 Å². The quantitative estimate of drug-likeness (QED) is 0.706. The van der Waals surface area contributed by atoms with Crippen molar-refractivity contribution in [2.75, 3.05) is 25.6 Å². The van der Waals surface area contributed by atoms with E-state index in [1.54, 1.807) is 22.1 Å². The number of rotatable bonds is 2. The van der Waals surface area contributed by atoms with Gasteiger partial charge in [-0.05, 0) is 24.3 Å². The third-order valence-corrected chi connectivity index (χ3v) is 4.97. The summed E-state index contributed by atoms with van der Waals surface area (Å²) in [6.45, 7) is 0.179. The van der Waals surface area contributed by atoms with Gasteiger partial charge >= 0.3 is 0 Å². The van der Waals surface area contributed by atoms with E-state index in [4.69, 9.17) is 27.9 Å². The number of ether oxygens (including phenoxy) is 1. The van der Waals surface area contributed by atoms with E-state index in [9.17, 15) is 4.79 Å². The van der Waals surface area contributed by atoms with Crippen molar-refractivity contribution in [1.82, 2.24) is 4.90 Å². The van der Waals surface area contributed by atoms with Gasteiger partial charge in [-0.25, -0.2) is 4.99 Å². The number of carbonyl (C=O) groups is 1. The lowest BCUT2D eigenvalue weighted by molar-refractivity contribution is -0.114. The highest BCUT2D eigenvalue weighted by atomic mass is 35.5. The van der Waals surface area contributed by atoms with Gasteiger partial charge in [0.05, 0.1) is 5.69 Å². The smallest absolute Gasteiger partial charge is 0.284 e. The summed E-state index contributed by atoms with van der Waals surface area (Å²) >= 11 is 12.7. The highest BCUT2D eigenvalue weighted by molar-refractivity contribution is 6.32. The first kappa shape index (κ1) is 18.0. The Hall–Kier alpha value is -2.34. The maximum Gasteiger partial charge on any atom is 0.284 e. The number of amides is 1. The van der Waals surface area contributed by atoms with Crippen LogP contribution in [0.2, 0.25) is 10.0 Å². The lowest BCUT2D eigenvalue weighted by Crippen LogP contribution is -2.33. The van der Waals surface area contributed by atoms with E-state index in [0.29, 0.717) is 27.3 Å². The molecule has 0 fully saturated rings. The standard InChI is InChI=1S/C20H17Cl2N3O2/c1-24(2)10-16-20(26)25-17-8-7-12(21)9-14(17)19(27-11-18(25)23-16)13-5-3-4-6-15(13)22/h3-10,19H,11H2,1-2H3. The van der Waals surface area contributed by atoms with Gasteiger partial charge in [0.2, 0.25) is 0 Å². The fraction of sp³-hybridized carbons (Fsp3) is 0.200. The van der Waals surface area contributed by atoms with E-state index in [1.165, 1.54) is 0 Å². The monoisotopic (exact) mass is 401 g/mol. The van der Waals surface area contributed by atoms with Crippen LogP contribution in [0.1, 0.15) is 17.2 Å². The summed E-state index contributed by atoms with van der Waals surface area (Å²) in [7, 11) is 3.70. The van der Waals surface area contributed by atoms with Gasteiger partial charge < -0.3 is 9.64 Å². The second-order valence-corrected chi connectivity index (χ2v) is 7.41. The van der Waals surface area contributed by atoms with Gasteiger partial charge in [-0.1, -0.05) is 41.4 Å². The number of amidine groups is 1. The SMILES string of the molecule is CN(C)C=C1N=C2COC(c3ccccc3Cl)c3cc(Cl)ccc3N2C1=O. The lowest BCUT2D eigenvalue weighted by Gasteiger charge is -2.21. The maximum absolute atomic E-state index is 13.0. The molecule has 0 saturated heterocycles. The van der Waals surface area contributed by atoms with Gasteiger partial charge in [0.15, 0.2) is 0 Å². The largest absolute Gasteiger partial charge is 0.382 e. The van der Waals surface area contributed by atoms with Crippen molar-refractivity contribution >= 4 is 40.6 Å². The minimum absolute atomic E-state index is 0.179. The minimum Gasteiger partial charge on any atom is -0.382 e. The van der Waals surface area contributed by atoms with Crippen LogP contribution in [0, 0.1) is 0 Å². The van der Waals surface area contributed by atoms with Gasteiger partial charge in [0.25, 0.3) is 5.91 Å². The lowest BCUT2D eigenvalue weighted by atomic mass is 9.99. The molecule has 2 aliphatic rings. The van der Waals surface area contributed by atoms with Crippen molar-refractivity contribution in [3.05, 3.63) is 75.5 Å². The number of benzene rings is 2. The van der Waals surface area contributed by atoms with Gasteiger partial charge in [0, 0.05) is 41.5 Å². The van der Waals surface area contributed by atoms with Gasteiger partial charge in [-0.15, -0.1) is 0 Å². The predicted octanol–water partition coefficient (Wildman–Crippen LogP) is 4.26. The molecule has 0 aliphatic carbocycles. The number of halogens is 2. The van der Waals surface area contributed by atoms with Crippen LogP contribution in [0.3, 0.4) is 0 Å². The average molecular weight is 402 g/mol. The summed E-state index contributed by atoms with van der Waals surface area (Å²) in [5.74, 6) is 0.358. The molecule has 0 saturated carbocycles. The number of carbonyl (C=O) groups excluding carboxylic acids is 1. The summed E-state index contributed by atoms with van der Waals surface area (Å²) < 4.78 is 6.16. The number of fused-ring (bicyclic) bond motifs is 3. The Bertz CT molecular complexity index is 985. The van der Waals surface area contributed by atoms with Crippen molar-refractivity contribution in [3.8, 4) is 0 Å². The molecule has 27 heavy (non-hydrogen) atoms. The minimum atomic E-state index is -0.449. The summed E-state index contributed by atoms with van der Waals surface area (Å²) in [6.07, 6.45) is 1.25. The van der Waals surface area contributed by atoms with Crippen LogP contribution in [-0.4, -0.2) is 37.3 Å². The highest BCUT2D eigenvalue weighted by Gasteiger charge is 2.38. The molecule has 7 heteroatoms. The molecule has 0 N–H and O–H groups in total. The van der Waals surface area contributed by atoms with Gasteiger partial charge in [-0.3, -0.25) is 9.69 Å². The Morgan fingerprint density at radius 1 is 1.19 bits per heavy atom.